The molecular weight excluding hydrogens is 421 g/mol. The number of halogens is 1. The van der Waals surface area contributed by atoms with Crippen LogP contribution < -0.4 is 9.47 Å². The lowest BCUT2D eigenvalue weighted by atomic mass is 9.97. The van der Waals surface area contributed by atoms with E-state index in [0.717, 1.165) is 34.5 Å². The van der Waals surface area contributed by atoms with Gasteiger partial charge in [0.1, 0.15) is 5.75 Å². The minimum absolute atomic E-state index is 0.00896. The van der Waals surface area contributed by atoms with E-state index in [-0.39, 0.29) is 17.7 Å². The number of hydrogen-bond donors (Lipinski definition) is 0. The highest BCUT2D eigenvalue weighted by Crippen LogP contribution is 2.32. The van der Waals surface area contributed by atoms with Crippen molar-refractivity contribution in [1.29, 1.82) is 0 Å². The fourth-order valence-corrected chi connectivity index (χ4v) is 4.20. The van der Waals surface area contributed by atoms with Crippen molar-refractivity contribution < 1.29 is 18.7 Å². The van der Waals surface area contributed by atoms with E-state index in [0.29, 0.717) is 18.7 Å². The molecule has 1 saturated heterocycles. The minimum atomic E-state index is -0.415. The number of ether oxygens (including phenoxy) is 2. The van der Waals surface area contributed by atoms with Gasteiger partial charge in [-0.2, -0.15) is 0 Å². The maximum absolute atomic E-state index is 13.8. The molecule has 0 spiro atoms. The zero-order chi connectivity index (χ0) is 23.5. The van der Waals surface area contributed by atoms with Crippen LogP contribution in [0.25, 0.3) is 11.8 Å². The molecule has 0 radical (unpaired) electrons. The number of rotatable bonds is 6. The van der Waals surface area contributed by atoms with Gasteiger partial charge in [0.2, 0.25) is 5.91 Å². The molecule has 33 heavy (non-hydrogen) atoms. The second kappa shape index (κ2) is 9.48. The Hall–Kier alpha value is -3.61. The van der Waals surface area contributed by atoms with E-state index >= 15 is 0 Å². The number of aryl methyl sites for hydroxylation is 1. The van der Waals surface area contributed by atoms with Gasteiger partial charge in [-0.15, -0.1) is 0 Å². The van der Waals surface area contributed by atoms with Gasteiger partial charge in [0, 0.05) is 18.3 Å². The van der Waals surface area contributed by atoms with Crippen LogP contribution in [0, 0.1) is 12.7 Å². The van der Waals surface area contributed by atoms with Crippen molar-refractivity contribution in [3.8, 4) is 17.2 Å². The van der Waals surface area contributed by atoms with Gasteiger partial charge >= 0.3 is 0 Å². The molecule has 0 unspecified atom stereocenters. The monoisotopic (exact) mass is 449 g/mol. The Balaban J connectivity index is 1.59. The third-order valence-corrected chi connectivity index (χ3v) is 6.04. The SMILES string of the molecule is COc1cc([C@H](C)N2CCCC(=Cc3ccc(-n4cnc(C)c4)c(OC)c3)C2=O)ccc1F. The summed E-state index contributed by atoms with van der Waals surface area (Å²) in [7, 11) is 3.07. The fraction of sp³-hybridized carbons (Fsp3) is 0.308. The van der Waals surface area contributed by atoms with Gasteiger partial charge in [-0.3, -0.25) is 4.79 Å². The first-order valence-electron chi connectivity index (χ1n) is 10.9. The first kappa shape index (κ1) is 22.6. The summed E-state index contributed by atoms with van der Waals surface area (Å²) < 4.78 is 26.4. The second-order valence-corrected chi connectivity index (χ2v) is 8.20. The molecule has 6 nitrogen and oxygen atoms in total. The van der Waals surface area contributed by atoms with Crippen molar-refractivity contribution in [1.82, 2.24) is 14.5 Å². The number of carbonyl (C=O) groups is 1. The van der Waals surface area contributed by atoms with Crippen LogP contribution in [-0.4, -0.2) is 41.1 Å². The van der Waals surface area contributed by atoms with Crippen molar-refractivity contribution in [2.75, 3.05) is 20.8 Å². The number of aromatic nitrogens is 2. The van der Waals surface area contributed by atoms with E-state index in [9.17, 15) is 9.18 Å². The molecule has 4 rings (SSSR count). The van der Waals surface area contributed by atoms with Crippen LogP contribution in [0.4, 0.5) is 4.39 Å². The molecule has 2 aromatic carbocycles. The Bertz CT molecular complexity index is 1200. The van der Waals surface area contributed by atoms with Crippen LogP contribution in [0.2, 0.25) is 0 Å². The first-order chi connectivity index (χ1) is 15.9. The molecule has 7 heteroatoms. The highest BCUT2D eigenvalue weighted by atomic mass is 19.1. The van der Waals surface area contributed by atoms with Crippen molar-refractivity contribution in [2.45, 2.75) is 32.7 Å². The Morgan fingerprint density at radius 3 is 2.61 bits per heavy atom. The molecule has 0 N–H and O–H groups in total. The third-order valence-electron chi connectivity index (χ3n) is 6.04. The van der Waals surface area contributed by atoms with Gasteiger partial charge in [0.15, 0.2) is 11.6 Å². The Labute approximate surface area is 193 Å². The molecule has 2 heterocycles. The molecule has 1 fully saturated rings. The van der Waals surface area contributed by atoms with Crippen LogP contribution in [0.3, 0.4) is 0 Å². The number of nitrogens with zero attached hydrogens (tertiary/aromatic N) is 3. The van der Waals surface area contributed by atoms with E-state index in [1.165, 1.54) is 13.2 Å². The zero-order valence-corrected chi connectivity index (χ0v) is 19.3. The normalized spacial score (nSPS) is 16.2. The quantitative estimate of drug-likeness (QED) is 0.491. The van der Waals surface area contributed by atoms with Gasteiger partial charge in [-0.05, 0) is 68.2 Å². The molecule has 1 amide bonds. The highest BCUT2D eigenvalue weighted by Gasteiger charge is 2.28. The number of methoxy groups -OCH3 is 2. The summed E-state index contributed by atoms with van der Waals surface area (Å²) in [5.74, 6) is 0.459. The summed E-state index contributed by atoms with van der Waals surface area (Å²) in [6.07, 6.45) is 7.19. The molecule has 0 aliphatic carbocycles. The summed E-state index contributed by atoms with van der Waals surface area (Å²) in [5, 5.41) is 0. The van der Waals surface area contributed by atoms with E-state index in [1.54, 1.807) is 25.6 Å². The van der Waals surface area contributed by atoms with Crippen LogP contribution in [0.5, 0.6) is 11.5 Å². The van der Waals surface area contributed by atoms with Crippen molar-refractivity contribution in [3.63, 3.8) is 0 Å². The van der Waals surface area contributed by atoms with Crippen LogP contribution in [-0.2, 0) is 4.79 Å². The lowest BCUT2D eigenvalue weighted by Crippen LogP contribution is -2.38. The van der Waals surface area contributed by atoms with Gasteiger partial charge in [0.05, 0.1) is 38.0 Å². The van der Waals surface area contributed by atoms with Crippen molar-refractivity contribution in [3.05, 3.63) is 77.1 Å². The molecular formula is C26H28FN3O3. The number of hydrogen-bond acceptors (Lipinski definition) is 4. The number of piperidine rings is 1. The summed E-state index contributed by atoms with van der Waals surface area (Å²) in [5.41, 5.74) is 4.29. The number of benzene rings is 2. The van der Waals surface area contributed by atoms with Crippen molar-refractivity contribution >= 4 is 12.0 Å². The summed E-state index contributed by atoms with van der Waals surface area (Å²) >= 11 is 0. The smallest absolute Gasteiger partial charge is 0.250 e. The van der Waals surface area contributed by atoms with Gasteiger partial charge < -0.3 is 18.9 Å². The third kappa shape index (κ3) is 4.62. The number of likely N-dealkylation sites (tertiary alicyclic amines) is 1. The summed E-state index contributed by atoms with van der Waals surface area (Å²) in [6.45, 7) is 4.54. The molecule has 1 aromatic heterocycles. The van der Waals surface area contributed by atoms with Crippen LogP contribution >= 0.6 is 0 Å². The first-order valence-corrected chi connectivity index (χ1v) is 10.9. The van der Waals surface area contributed by atoms with E-state index < -0.39 is 5.82 Å². The average molecular weight is 450 g/mol. The van der Waals surface area contributed by atoms with E-state index in [1.807, 2.05) is 53.8 Å². The Kier molecular flexibility index (Phi) is 6.49. The number of carbonyl (C=O) groups excluding carboxylic acids is 1. The standard InChI is InChI=1S/C26H28FN3O3/c1-17-15-29(16-28-17)23-10-7-19(13-25(23)33-4)12-21-6-5-11-30(26(21)31)18(2)20-8-9-22(27)24(14-20)32-3/h7-10,12-16,18H,5-6,11H2,1-4H3/t18-/m0/s1. The maximum Gasteiger partial charge on any atom is 0.250 e. The predicted octanol–water partition coefficient (Wildman–Crippen LogP) is 5.10. The molecule has 1 aliphatic rings. The van der Waals surface area contributed by atoms with E-state index in [4.69, 9.17) is 9.47 Å². The fourth-order valence-electron chi connectivity index (χ4n) is 4.20. The lowest BCUT2D eigenvalue weighted by Gasteiger charge is -2.34. The topological polar surface area (TPSA) is 56.6 Å². The van der Waals surface area contributed by atoms with Gasteiger partial charge in [-0.25, -0.2) is 9.37 Å². The molecule has 1 atom stereocenters. The van der Waals surface area contributed by atoms with Crippen LogP contribution in [0.15, 0.2) is 54.5 Å². The van der Waals surface area contributed by atoms with Gasteiger partial charge in [-0.1, -0.05) is 12.1 Å². The maximum atomic E-state index is 13.8. The average Bonchev–Trinajstić information content (AvgIpc) is 3.26. The molecule has 0 bridgehead atoms. The summed E-state index contributed by atoms with van der Waals surface area (Å²) in [6, 6.07) is 10.4. The molecule has 1 aliphatic heterocycles. The highest BCUT2D eigenvalue weighted by molar-refractivity contribution is 5.98. The number of amides is 1. The Morgan fingerprint density at radius 1 is 1.12 bits per heavy atom. The molecule has 172 valence electrons. The lowest BCUT2D eigenvalue weighted by molar-refractivity contribution is -0.130. The predicted molar refractivity (Wildman–Crippen MR) is 125 cm³/mol. The second-order valence-electron chi connectivity index (χ2n) is 8.20. The summed E-state index contributed by atoms with van der Waals surface area (Å²) in [4.78, 5) is 19.4. The molecule has 3 aromatic rings. The van der Waals surface area contributed by atoms with E-state index in [2.05, 4.69) is 4.98 Å². The largest absolute Gasteiger partial charge is 0.495 e. The Morgan fingerprint density at radius 2 is 1.91 bits per heavy atom. The number of imidazole rings is 1. The van der Waals surface area contributed by atoms with Crippen molar-refractivity contribution in [2.24, 2.45) is 0 Å². The van der Waals surface area contributed by atoms with Crippen LogP contribution in [0.1, 0.15) is 42.6 Å². The van der Waals surface area contributed by atoms with Gasteiger partial charge in [0.25, 0.3) is 0 Å². The molecule has 0 saturated carbocycles. The zero-order valence-electron chi connectivity index (χ0n) is 19.3. The minimum Gasteiger partial charge on any atom is -0.495 e.